The van der Waals surface area contributed by atoms with Gasteiger partial charge in [0.2, 0.25) is 6.29 Å². The van der Waals surface area contributed by atoms with E-state index in [9.17, 15) is 40.5 Å². The third kappa shape index (κ3) is 9.79. The molecule has 0 aromatic heterocycles. The van der Waals surface area contributed by atoms with Crippen LogP contribution in [0, 0.1) is 12.8 Å². The number of aryl methyl sites for hydroxylation is 1. The Kier molecular flexibility index (Phi) is 14.0. The number of aliphatic hydroxyl groups excluding tert-OH is 7. The first-order valence-electron chi connectivity index (χ1n) is 15.0. The number of rotatable bonds is 15. The van der Waals surface area contributed by atoms with E-state index < -0.39 is 74.6 Å². The van der Waals surface area contributed by atoms with Gasteiger partial charge in [-0.25, -0.2) is 0 Å². The van der Waals surface area contributed by atoms with E-state index in [1.165, 1.54) is 12.8 Å². The van der Waals surface area contributed by atoms with Crippen molar-refractivity contribution in [2.45, 2.75) is 127 Å². The molecule has 0 radical (unpaired) electrons. The molecule has 2 aliphatic heterocycles. The minimum Gasteiger partial charge on any atom is -0.462 e. The summed E-state index contributed by atoms with van der Waals surface area (Å²) < 4.78 is 27.8. The third-order valence-corrected chi connectivity index (χ3v) is 7.76. The van der Waals surface area contributed by atoms with E-state index in [4.69, 9.17) is 23.7 Å². The fourth-order valence-corrected chi connectivity index (χ4v) is 5.12. The average molecular weight is 617 g/mol. The predicted molar refractivity (Wildman–Crippen MR) is 151 cm³/mol. The second kappa shape index (κ2) is 17.0. The largest absolute Gasteiger partial charge is 0.462 e. The molecule has 0 spiro atoms. The first-order valence-corrected chi connectivity index (χ1v) is 15.0. The molecule has 1 aromatic carbocycles. The molecule has 43 heavy (non-hydrogen) atoms. The lowest BCUT2D eigenvalue weighted by Gasteiger charge is -2.45. The summed E-state index contributed by atoms with van der Waals surface area (Å²) >= 11 is 0. The molecular weight excluding hydrogens is 568 g/mol. The van der Waals surface area contributed by atoms with Crippen molar-refractivity contribution in [3.63, 3.8) is 0 Å². The standard InChI is InChI=1S/C30H48O13/c1-16(2)8-6-4-5-7-9-22(33)39-15-18-10-11-19(17(3)12-18)40-29-27(38)25(36)28(21(14-32)42-29)43-30-26(37)24(35)23(34)20(13-31)41-30/h10-12,16,20-21,23-32,34-38H,4-9,13-15H2,1-3H3. The Labute approximate surface area is 251 Å². The number of ether oxygens (including phenoxy) is 5. The summed E-state index contributed by atoms with van der Waals surface area (Å²) in [4.78, 5) is 12.1. The maximum Gasteiger partial charge on any atom is 0.306 e. The van der Waals surface area contributed by atoms with Crippen LogP contribution in [0.3, 0.4) is 0 Å². The molecule has 2 heterocycles. The summed E-state index contributed by atoms with van der Waals surface area (Å²) in [5.74, 6) is 0.748. The van der Waals surface area contributed by atoms with Crippen LogP contribution in [0.25, 0.3) is 0 Å². The van der Waals surface area contributed by atoms with E-state index in [1.54, 1.807) is 25.1 Å². The van der Waals surface area contributed by atoms with Crippen LogP contribution in [-0.2, 0) is 30.3 Å². The summed E-state index contributed by atoms with van der Waals surface area (Å²) in [6, 6.07) is 5.07. The summed E-state index contributed by atoms with van der Waals surface area (Å²) in [5, 5.41) is 71.1. The van der Waals surface area contributed by atoms with E-state index in [2.05, 4.69) is 13.8 Å². The smallest absolute Gasteiger partial charge is 0.306 e. The van der Waals surface area contributed by atoms with E-state index >= 15 is 0 Å². The molecule has 0 amide bonds. The number of hydrogen-bond acceptors (Lipinski definition) is 13. The Morgan fingerprint density at radius 2 is 1.49 bits per heavy atom. The van der Waals surface area contributed by atoms with Gasteiger partial charge in [0, 0.05) is 6.42 Å². The molecule has 10 unspecified atom stereocenters. The van der Waals surface area contributed by atoms with Crippen LogP contribution < -0.4 is 4.74 Å². The van der Waals surface area contributed by atoms with Gasteiger partial charge in [-0.15, -0.1) is 0 Å². The highest BCUT2D eigenvalue weighted by Gasteiger charge is 2.51. The molecule has 3 rings (SSSR count). The Bertz CT molecular complexity index is 987. The topological polar surface area (TPSA) is 205 Å². The molecule has 13 nitrogen and oxygen atoms in total. The Morgan fingerprint density at radius 1 is 0.837 bits per heavy atom. The number of carbonyl (C=O) groups is 1. The van der Waals surface area contributed by atoms with Gasteiger partial charge in [0.25, 0.3) is 0 Å². The van der Waals surface area contributed by atoms with Gasteiger partial charge in [0.05, 0.1) is 13.2 Å². The van der Waals surface area contributed by atoms with E-state index in [0.29, 0.717) is 23.7 Å². The SMILES string of the molecule is Cc1cc(COC(=O)CCCCCCC(C)C)ccc1OC1OC(CO)C(OC2OC(CO)C(O)C(O)C2O)C(O)C1O. The van der Waals surface area contributed by atoms with Gasteiger partial charge < -0.3 is 59.4 Å². The van der Waals surface area contributed by atoms with Crippen LogP contribution in [-0.4, -0.2) is 116 Å². The van der Waals surface area contributed by atoms with Gasteiger partial charge in [0.1, 0.15) is 61.2 Å². The second-order valence-corrected chi connectivity index (χ2v) is 11.7. The zero-order valence-electron chi connectivity index (χ0n) is 25.0. The fourth-order valence-electron chi connectivity index (χ4n) is 5.12. The van der Waals surface area contributed by atoms with Gasteiger partial charge in [-0.3, -0.25) is 4.79 Å². The molecule has 1 aromatic rings. The molecule has 2 fully saturated rings. The molecule has 13 heteroatoms. The van der Waals surface area contributed by atoms with Gasteiger partial charge in [-0.2, -0.15) is 0 Å². The number of esters is 1. The summed E-state index contributed by atoms with van der Waals surface area (Å²) in [6.45, 7) is 4.88. The molecule has 2 saturated heterocycles. The van der Waals surface area contributed by atoms with Crippen LogP contribution in [0.15, 0.2) is 18.2 Å². The molecule has 246 valence electrons. The highest BCUT2D eigenvalue weighted by molar-refractivity contribution is 5.69. The number of benzene rings is 1. The van der Waals surface area contributed by atoms with Gasteiger partial charge in [-0.1, -0.05) is 45.6 Å². The maximum atomic E-state index is 12.1. The molecule has 0 saturated carbocycles. The normalized spacial score (nSPS) is 33.0. The van der Waals surface area contributed by atoms with Crippen molar-refractivity contribution in [1.29, 1.82) is 0 Å². The zero-order valence-corrected chi connectivity index (χ0v) is 25.0. The fraction of sp³-hybridized carbons (Fsp3) is 0.767. The van der Waals surface area contributed by atoms with E-state index in [1.807, 2.05) is 0 Å². The van der Waals surface area contributed by atoms with Crippen molar-refractivity contribution in [3.8, 4) is 5.75 Å². The molecular formula is C30H48O13. The number of carbonyl (C=O) groups excluding carboxylic acids is 1. The van der Waals surface area contributed by atoms with E-state index in [-0.39, 0.29) is 12.6 Å². The molecule has 0 bridgehead atoms. The first-order chi connectivity index (χ1) is 20.5. The summed E-state index contributed by atoms with van der Waals surface area (Å²) in [6.07, 6.45) is -9.76. The third-order valence-electron chi connectivity index (χ3n) is 7.76. The minimum atomic E-state index is -1.75. The number of unbranched alkanes of at least 4 members (excludes halogenated alkanes) is 3. The van der Waals surface area contributed by atoms with Crippen LogP contribution >= 0.6 is 0 Å². The van der Waals surface area contributed by atoms with Crippen molar-refractivity contribution in [2.24, 2.45) is 5.92 Å². The number of hydrogen-bond donors (Lipinski definition) is 7. The van der Waals surface area contributed by atoms with Gasteiger partial charge in [-0.05, 0) is 42.5 Å². The highest BCUT2D eigenvalue weighted by atomic mass is 16.7. The Balaban J connectivity index is 1.52. The van der Waals surface area contributed by atoms with Crippen LogP contribution in [0.4, 0.5) is 0 Å². The highest BCUT2D eigenvalue weighted by Crippen LogP contribution is 2.31. The van der Waals surface area contributed by atoms with Crippen LogP contribution in [0.5, 0.6) is 5.75 Å². The van der Waals surface area contributed by atoms with Crippen molar-refractivity contribution >= 4 is 5.97 Å². The summed E-state index contributed by atoms with van der Waals surface area (Å²) in [5.41, 5.74) is 1.38. The van der Waals surface area contributed by atoms with Crippen LogP contribution in [0.2, 0.25) is 0 Å². The summed E-state index contributed by atoms with van der Waals surface area (Å²) in [7, 11) is 0. The predicted octanol–water partition coefficient (Wildman–Crippen LogP) is 0.0377. The lowest BCUT2D eigenvalue weighted by atomic mass is 9.97. The quantitative estimate of drug-likeness (QED) is 0.103. The first kappa shape index (κ1) is 35.6. The van der Waals surface area contributed by atoms with E-state index in [0.717, 1.165) is 24.8 Å². The van der Waals surface area contributed by atoms with Crippen molar-refractivity contribution in [3.05, 3.63) is 29.3 Å². The van der Waals surface area contributed by atoms with Crippen molar-refractivity contribution in [1.82, 2.24) is 0 Å². The second-order valence-electron chi connectivity index (χ2n) is 11.7. The lowest BCUT2D eigenvalue weighted by molar-refractivity contribution is -0.352. The zero-order chi connectivity index (χ0) is 31.7. The maximum absolute atomic E-state index is 12.1. The Hall–Kier alpha value is -1.91. The Morgan fingerprint density at radius 3 is 2.14 bits per heavy atom. The minimum absolute atomic E-state index is 0.0954. The molecule has 0 aliphatic carbocycles. The average Bonchev–Trinajstić information content (AvgIpc) is 2.98. The van der Waals surface area contributed by atoms with Crippen molar-refractivity contribution < 1.29 is 64.2 Å². The molecule has 2 aliphatic rings. The van der Waals surface area contributed by atoms with Gasteiger partial charge in [0.15, 0.2) is 6.29 Å². The number of aliphatic hydroxyl groups is 7. The monoisotopic (exact) mass is 616 g/mol. The van der Waals surface area contributed by atoms with Gasteiger partial charge >= 0.3 is 5.97 Å². The van der Waals surface area contributed by atoms with Crippen LogP contribution in [0.1, 0.15) is 63.5 Å². The van der Waals surface area contributed by atoms with Crippen molar-refractivity contribution in [2.75, 3.05) is 13.2 Å². The molecule has 7 N–H and O–H groups in total. The lowest BCUT2D eigenvalue weighted by Crippen LogP contribution is -2.65. The molecule has 10 atom stereocenters.